The standard InChI is InChI=1S/C13H23N3O3/c1-5-18-11(8(2)3)12-15-13(19-16-12)10-6-9(17-4)7-14-10/h8-11,14H,5-7H2,1-4H3/t9-,10+,11?/m0/s1. The molecule has 1 N–H and O–H groups in total. The lowest BCUT2D eigenvalue weighted by Gasteiger charge is -2.16. The van der Waals surface area contributed by atoms with Gasteiger partial charge in [-0.15, -0.1) is 0 Å². The van der Waals surface area contributed by atoms with Crippen molar-refractivity contribution < 1.29 is 14.0 Å². The maximum Gasteiger partial charge on any atom is 0.243 e. The summed E-state index contributed by atoms with van der Waals surface area (Å²) in [6, 6.07) is 0.0839. The van der Waals surface area contributed by atoms with Gasteiger partial charge in [0.05, 0.1) is 12.1 Å². The normalized spacial score (nSPS) is 25.1. The Balaban J connectivity index is 2.05. The van der Waals surface area contributed by atoms with Crippen LogP contribution in [0.5, 0.6) is 0 Å². The Morgan fingerprint density at radius 1 is 1.47 bits per heavy atom. The van der Waals surface area contributed by atoms with E-state index in [1.54, 1.807) is 7.11 Å². The molecule has 0 amide bonds. The lowest BCUT2D eigenvalue weighted by atomic mass is 10.1. The first-order chi connectivity index (χ1) is 9.15. The minimum atomic E-state index is -0.109. The minimum Gasteiger partial charge on any atom is -0.380 e. The molecule has 0 radical (unpaired) electrons. The van der Waals surface area contributed by atoms with Crippen LogP contribution in [0, 0.1) is 5.92 Å². The molecule has 1 aliphatic rings. The zero-order chi connectivity index (χ0) is 13.8. The molecule has 19 heavy (non-hydrogen) atoms. The predicted octanol–water partition coefficient (Wildman–Crippen LogP) is 1.85. The number of nitrogens with zero attached hydrogens (tertiary/aromatic N) is 2. The van der Waals surface area contributed by atoms with E-state index in [-0.39, 0.29) is 18.2 Å². The summed E-state index contributed by atoms with van der Waals surface area (Å²) in [7, 11) is 1.72. The fourth-order valence-corrected chi connectivity index (χ4v) is 2.32. The van der Waals surface area contributed by atoms with E-state index in [2.05, 4.69) is 29.3 Å². The van der Waals surface area contributed by atoms with E-state index >= 15 is 0 Å². The van der Waals surface area contributed by atoms with E-state index in [1.807, 2.05) is 6.92 Å². The van der Waals surface area contributed by atoms with Crippen molar-refractivity contribution in [1.82, 2.24) is 15.5 Å². The number of nitrogens with one attached hydrogen (secondary N) is 1. The third-order valence-electron chi connectivity index (χ3n) is 3.39. The quantitative estimate of drug-likeness (QED) is 0.850. The van der Waals surface area contributed by atoms with E-state index in [1.165, 1.54) is 0 Å². The van der Waals surface area contributed by atoms with Crippen LogP contribution in [0.3, 0.4) is 0 Å². The average molecular weight is 269 g/mol. The SMILES string of the molecule is CCOC(c1noc([C@H]2C[C@H](OC)CN2)n1)C(C)C. The highest BCUT2D eigenvalue weighted by Crippen LogP contribution is 2.27. The number of hydrogen-bond acceptors (Lipinski definition) is 6. The largest absolute Gasteiger partial charge is 0.380 e. The highest BCUT2D eigenvalue weighted by atomic mass is 16.5. The molecule has 1 aliphatic heterocycles. The lowest BCUT2D eigenvalue weighted by Crippen LogP contribution is -2.16. The van der Waals surface area contributed by atoms with Crippen LogP contribution in [-0.2, 0) is 9.47 Å². The second kappa shape index (κ2) is 6.45. The van der Waals surface area contributed by atoms with E-state index in [0.29, 0.717) is 24.2 Å². The smallest absolute Gasteiger partial charge is 0.243 e. The van der Waals surface area contributed by atoms with Crippen molar-refractivity contribution in [3.05, 3.63) is 11.7 Å². The Morgan fingerprint density at radius 2 is 2.26 bits per heavy atom. The van der Waals surface area contributed by atoms with Crippen molar-refractivity contribution in [2.75, 3.05) is 20.3 Å². The monoisotopic (exact) mass is 269 g/mol. The van der Waals surface area contributed by atoms with Crippen molar-refractivity contribution in [2.45, 2.75) is 45.4 Å². The van der Waals surface area contributed by atoms with Gasteiger partial charge in [-0.2, -0.15) is 4.98 Å². The second-order valence-corrected chi connectivity index (χ2v) is 5.17. The summed E-state index contributed by atoms with van der Waals surface area (Å²) in [5.41, 5.74) is 0. The molecule has 1 saturated heterocycles. The fourth-order valence-electron chi connectivity index (χ4n) is 2.32. The molecule has 0 aromatic carbocycles. The van der Waals surface area contributed by atoms with Crippen molar-refractivity contribution in [3.63, 3.8) is 0 Å². The highest BCUT2D eigenvalue weighted by Gasteiger charge is 2.31. The van der Waals surface area contributed by atoms with Crippen molar-refractivity contribution >= 4 is 0 Å². The summed E-state index contributed by atoms with van der Waals surface area (Å²) >= 11 is 0. The number of methoxy groups -OCH3 is 1. The van der Waals surface area contributed by atoms with Crippen molar-refractivity contribution in [3.8, 4) is 0 Å². The molecule has 0 spiro atoms. The van der Waals surface area contributed by atoms with Gasteiger partial charge in [0.25, 0.3) is 0 Å². The molecule has 6 nitrogen and oxygen atoms in total. The Labute approximate surface area is 113 Å². The number of aromatic nitrogens is 2. The maximum atomic E-state index is 5.68. The molecule has 2 rings (SSSR count). The van der Waals surface area contributed by atoms with Crippen LogP contribution in [-0.4, -0.2) is 36.5 Å². The molecule has 0 saturated carbocycles. The molecule has 0 aliphatic carbocycles. The molecule has 1 unspecified atom stereocenters. The van der Waals surface area contributed by atoms with Gasteiger partial charge in [0.1, 0.15) is 6.10 Å². The molecule has 6 heteroatoms. The average Bonchev–Trinajstić information content (AvgIpc) is 3.03. The van der Waals surface area contributed by atoms with Crippen LogP contribution in [0.2, 0.25) is 0 Å². The van der Waals surface area contributed by atoms with Gasteiger partial charge in [-0.25, -0.2) is 0 Å². The Morgan fingerprint density at radius 3 is 2.84 bits per heavy atom. The third kappa shape index (κ3) is 3.32. The Hall–Kier alpha value is -0.980. The summed E-state index contributed by atoms with van der Waals surface area (Å²) < 4.78 is 16.4. The summed E-state index contributed by atoms with van der Waals surface area (Å²) in [6.07, 6.45) is 0.967. The second-order valence-electron chi connectivity index (χ2n) is 5.17. The molecule has 3 atom stereocenters. The Kier molecular flexibility index (Phi) is 4.90. The van der Waals surface area contributed by atoms with Crippen LogP contribution in [0.4, 0.5) is 0 Å². The van der Waals surface area contributed by atoms with Gasteiger partial charge in [-0.05, 0) is 19.3 Å². The van der Waals surface area contributed by atoms with E-state index in [4.69, 9.17) is 14.0 Å². The summed E-state index contributed by atoms with van der Waals surface area (Å²) in [6.45, 7) is 7.60. The van der Waals surface area contributed by atoms with Crippen LogP contribution < -0.4 is 5.32 Å². The fraction of sp³-hybridized carbons (Fsp3) is 0.846. The number of hydrogen-bond donors (Lipinski definition) is 1. The molecular weight excluding hydrogens is 246 g/mol. The highest BCUT2D eigenvalue weighted by molar-refractivity contribution is 5.00. The minimum absolute atomic E-state index is 0.0839. The third-order valence-corrected chi connectivity index (χ3v) is 3.39. The number of rotatable bonds is 6. The van der Waals surface area contributed by atoms with Crippen LogP contribution in [0.15, 0.2) is 4.52 Å². The van der Waals surface area contributed by atoms with Crippen LogP contribution in [0.25, 0.3) is 0 Å². The maximum absolute atomic E-state index is 5.68. The molecule has 108 valence electrons. The van der Waals surface area contributed by atoms with Crippen LogP contribution in [0.1, 0.15) is 51.1 Å². The lowest BCUT2D eigenvalue weighted by molar-refractivity contribution is 0.0217. The Bertz CT molecular complexity index is 394. The predicted molar refractivity (Wildman–Crippen MR) is 69.7 cm³/mol. The zero-order valence-electron chi connectivity index (χ0n) is 12.0. The molecule has 2 heterocycles. The molecule has 1 fully saturated rings. The summed E-state index contributed by atoms with van der Waals surface area (Å²) in [4.78, 5) is 4.48. The van der Waals surface area contributed by atoms with Gasteiger partial charge in [0.2, 0.25) is 11.7 Å². The van der Waals surface area contributed by atoms with Crippen molar-refractivity contribution in [1.29, 1.82) is 0 Å². The van der Waals surface area contributed by atoms with Gasteiger partial charge < -0.3 is 19.3 Å². The number of ether oxygens (including phenoxy) is 2. The van der Waals surface area contributed by atoms with Crippen molar-refractivity contribution in [2.24, 2.45) is 5.92 Å². The van der Waals surface area contributed by atoms with E-state index in [9.17, 15) is 0 Å². The topological polar surface area (TPSA) is 69.4 Å². The van der Waals surface area contributed by atoms with Gasteiger partial charge in [0, 0.05) is 20.3 Å². The first kappa shape index (κ1) is 14.4. The van der Waals surface area contributed by atoms with E-state index in [0.717, 1.165) is 13.0 Å². The zero-order valence-corrected chi connectivity index (χ0v) is 12.0. The van der Waals surface area contributed by atoms with Gasteiger partial charge in [-0.3, -0.25) is 0 Å². The van der Waals surface area contributed by atoms with Crippen LogP contribution >= 0.6 is 0 Å². The molecule has 1 aromatic rings. The molecular formula is C13H23N3O3. The molecule has 0 bridgehead atoms. The summed E-state index contributed by atoms with van der Waals surface area (Å²) in [5.74, 6) is 1.57. The van der Waals surface area contributed by atoms with Gasteiger partial charge in [0.15, 0.2) is 0 Å². The van der Waals surface area contributed by atoms with Gasteiger partial charge >= 0.3 is 0 Å². The van der Waals surface area contributed by atoms with Gasteiger partial charge in [-0.1, -0.05) is 19.0 Å². The molecule has 1 aromatic heterocycles. The summed E-state index contributed by atoms with van der Waals surface area (Å²) in [5, 5.41) is 7.39. The van der Waals surface area contributed by atoms with E-state index < -0.39 is 0 Å². The first-order valence-corrected chi connectivity index (χ1v) is 6.87. The first-order valence-electron chi connectivity index (χ1n) is 6.87.